The lowest BCUT2D eigenvalue weighted by atomic mass is 9.89. The molecule has 1 fully saturated rings. The molecule has 0 amide bonds. The quantitative estimate of drug-likeness (QED) is 0.620. The van der Waals surface area contributed by atoms with Gasteiger partial charge in [0, 0.05) is 23.3 Å². The Morgan fingerprint density at radius 2 is 1.95 bits per heavy atom. The van der Waals surface area contributed by atoms with Crippen LogP contribution in [0.15, 0.2) is 23.1 Å². The van der Waals surface area contributed by atoms with Crippen molar-refractivity contribution >= 4 is 11.8 Å². The number of thioether (sulfide) groups is 1. The molecule has 0 radical (unpaired) electrons. The Morgan fingerprint density at radius 1 is 1.16 bits per heavy atom. The maximum atomic E-state index is 13.4. The topological polar surface area (TPSA) is 12.0 Å². The molecular formula is C15H21F2NS. The van der Waals surface area contributed by atoms with Crippen molar-refractivity contribution in [2.24, 2.45) is 5.92 Å². The van der Waals surface area contributed by atoms with Gasteiger partial charge in [0.15, 0.2) is 0 Å². The van der Waals surface area contributed by atoms with Gasteiger partial charge in [-0.05, 0) is 37.4 Å². The number of halogens is 2. The van der Waals surface area contributed by atoms with Crippen molar-refractivity contribution in [1.29, 1.82) is 0 Å². The highest BCUT2D eigenvalue weighted by molar-refractivity contribution is 7.99. The van der Waals surface area contributed by atoms with E-state index in [-0.39, 0.29) is 0 Å². The lowest BCUT2D eigenvalue weighted by molar-refractivity contribution is 0.345. The zero-order valence-corrected chi connectivity index (χ0v) is 11.9. The molecule has 1 aliphatic rings. The predicted octanol–water partition coefficient (Wildman–Crippen LogP) is 4.23. The van der Waals surface area contributed by atoms with Gasteiger partial charge in [0.1, 0.15) is 11.6 Å². The maximum absolute atomic E-state index is 13.4. The third-order valence-electron chi connectivity index (χ3n) is 3.59. The van der Waals surface area contributed by atoms with Gasteiger partial charge in [-0.2, -0.15) is 0 Å². The van der Waals surface area contributed by atoms with E-state index in [1.807, 2.05) is 0 Å². The molecule has 0 spiro atoms. The van der Waals surface area contributed by atoms with Gasteiger partial charge in [-0.3, -0.25) is 0 Å². The molecule has 1 aliphatic carbocycles. The molecule has 1 nitrogen and oxygen atoms in total. The fourth-order valence-corrected chi connectivity index (χ4v) is 3.35. The Hall–Kier alpha value is -0.610. The van der Waals surface area contributed by atoms with Gasteiger partial charge >= 0.3 is 0 Å². The first-order valence-electron chi connectivity index (χ1n) is 7.04. The molecule has 1 aromatic carbocycles. The molecule has 106 valence electrons. The maximum Gasteiger partial charge on any atom is 0.139 e. The average molecular weight is 285 g/mol. The van der Waals surface area contributed by atoms with E-state index in [9.17, 15) is 8.78 Å². The van der Waals surface area contributed by atoms with Crippen LogP contribution in [0.25, 0.3) is 0 Å². The molecule has 0 aliphatic heterocycles. The van der Waals surface area contributed by atoms with Crippen molar-refractivity contribution in [2.75, 3.05) is 18.8 Å². The van der Waals surface area contributed by atoms with E-state index in [4.69, 9.17) is 0 Å². The van der Waals surface area contributed by atoms with Crippen molar-refractivity contribution in [1.82, 2.24) is 5.32 Å². The molecule has 19 heavy (non-hydrogen) atoms. The van der Waals surface area contributed by atoms with Gasteiger partial charge in [-0.15, -0.1) is 11.8 Å². The molecule has 2 rings (SSSR count). The molecule has 0 atom stereocenters. The monoisotopic (exact) mass is 285 g/mol. The van der Waals surface area contributed by atoms with Crippen LogP contribution in [0.5, 0.6) is 0 Å². The van der Waals surface area contributed by atoms with Crippen LogP contribution < -0.4 is 5.32 Å². The highest BCUT2D eigenvalue weighted by Crippen LogP contribution is 2.23. The first-order chi connectivity index (χ1) is 9.25. The largest absolute Gasteiger partial charge is 0.316 e. The molecule has 0 saturated heterocycles. The molecular weight excluding hydrogens is 264 g/mol. The summed E-state index contributed by atoms with van der Waals surface area (Å²) in [6.07, 6.45) is 6.79. The molecule has 1 aromatic rings. The third kappa shape index (κ3) is 5.11. The summed E-state index contributed by atoms with van der Waals surface area (Å²) >= 11 is 1.44. The zero-order chi connectivity index (χ0) is 13.5. The van der Waals surface area contributed by atoms with Gasteiger partial charge in [0.2, 0.25) is 0 Å². The van der Waals surface area contributed by atoms with Crippen LogP contribution in [0, 0.1) is 17.6 Å². The Labute approximate surface area is 118 Å². The second kappa shape index (κ2) is 7.85. The van der Waals surface area contributed by atoms with E-state index in [0.717, 1.165) is 30.8 Å². The van der Waals surface area contributed by atoms with Crippen molar-refractivity contribution in [3.05, 3.63) is 29.8 Å². The van der Waals surface area contributed by atoms with E-state index in [0.29, 0.717) is 4.90 Å². The summed E-state index contributed by atoms with van der Waals surface area (Å²) in [5.41, 5.74) is 0. The Morgan fingerprint density at radius 3 is 2.68 bits per heavy atom. The normalized spacial score (nSPS) is 16.7. The summed E-state index contributed by atoms with van der Waals surface area (Å²) in [5.74, 6) is 0.658. The number of rotatable bonds is 6. The van der Waals surface area contributed by atoms with Crippen LogP contribution in [-0.2, 0) is 0 Å². The SMILES string of the molecule is Fc1ccc(SCCNCC2CCCCC2)c(F)c1. The average Bonchev–Trinajstić information content (AvgIpc) is 2.42. The van der Waals surface area contributed by atoms with Crippen LogP contribution in [-0.4, -0.2) is 18.8 Å². The predicted molar refractivity (Wildman–Crippen MR) is 76.5 cm³/mol. The van der Waals surface area contributed by atoms with E-state index in [1.165, 1.54) is 56.0 Å². The molecule has 0 bridgehead atoms. The smallest absolute Gasteiger partial charge is 0.139 e. The first kappa shape index (κ1) is 14.8. The Kier molecular flexibility index (Phi) is 6.11. The third-order valence-corrected chi connectivity index (χ3v) is 4.64. The van der Waals surface area contributed by atoms with Gasteiger partial charge in [0.25, 0.3) is 0 Å². The van der Waals surface area contributed by atoms with Crippen molar-refractivity contribution in [2.45, 2.75) is 37.0 Å². The Bertz CT molecular complexity index is 392. The van der Waals surface area contributed by atoms with E-state index >= 15 is 0 Å². The van der Waals surface area contributed by atoms with Crippen LogP contribution >= 0.6 is 11.8 Å². The van der Waals surface area contributed by atoms with Gasteiger partial charge < -0.3 is 5.32 Å². The van der Waals surface area contributed by atoms with Crippen molar-refractivity contribution in [3.63, 3.8) is 0 Å². The summed E-state index contributed by atoms with van der Waals surface area (Å²) < 4.78 is 26.1. The summed E-state index contributed by atoms with van der Waals surface area (Å²) in [6.45, 7) is 1.95. The molecule has 0 heterocycles. The van der Waals surface area contributed by atoms with Crippen LogP contribution in [0.2, 0.25) is 0 Å². The zero-order valence-electron chi connectivity index (χ0n) is 11.1. The van der Waals surface area contributed by atoms with Crippen molar-refractivity contribution < 1.29 is 8.78 Å². The molecule has 0 unspecified atom stereocenters. The molecule has 1 N–H and O–H groups in total. The fraction of sp³-hybridized carbons (Fsp3) is 0.600. The summed E-state index contributed by atoms with van der Waals surface area (Å²) in [5, 5.41) is 3.44. The van der Waals surface area contributed by atoms with E-state index in [1.54, 1.807) is 0 Å². The van der Waals surface area contributed by atoms with Gasteiger partial charge in [-0.25, -0.2) is 8.78 Å². The minimum absolute atomic E-state index is 0.461. The number of benzene rings is 1. The number of hydrogen-bond acceptors (Lipinski definition) is 2. The summed E-state index contributed by atoms with van der Waals surface area (Å²) in [4.78, 5) is 0.529. The van der Waals surface area contributed by atoms with Gasteiger partial charge in [-0.1, -0.05) is 19.3 Å². The molecule has 0 aromatic heterocycles. The fourth-order valence-electron chi connectivity index (χ4n) is 2.52. The lowest BCUT2D eigenvalue weighted by Gasteiger charge is -2.21. The molecule has 1 saturated carbocycles. The Balaban J connectivity index is 1.61. The minimum atomic E-state index is -0.516. The van der Waals surface area contributed by atoms with Crippen LogP contribution in [0.4, 0.5) is 8.78 Å². The van der Waals surface area contributed by atoms with Crippen molar-refractivity contribution in [3.8, 4) is 0 Å². The first-order valence-corrected chi connectivity index (χ1v) is 8.03. The number of hydrogen-bond donors (Lipinski definition) is 1. The summed E-state index contributed by atoms with van der Waals surface area (Å²) in [6, 6.07) is 3.76. The second-order valence-electron chi connectivity index (χ2n) is 5.13. The standard InChI is InChI=1S/C15H21F2NS/c16-13-6-7-15(14(17)10-13)19-9-8-18-11-12-4-2-1-3-5-12/h6-7,10,12,18H,1-5,8-9,11H2. The van der Waals surface area contributed by atoms with E-state index < -0.39 is 11.6 Å². The van der Waals surface area contributed by atoms with E-state index in [2.05, 4.69) is 5.32 Å². The molecule has 4 heteroatoms. The highest BCUT2D eigenvalue weighted by atomic mass is 32.2. The lowest BCUT2D eigenvalue weighted by Crippen LogP contribution is -2.26. The van der Waals surface area contributed by atoms with Crippen LogP contribution in [0.3, 0.4) is 0 Å². The minimum Gasteiger partial charge on any atom is -0.316 e. The number of nitrogens with one attached hydrogen (secondary N) is 1. The van der Waals surface area contributed by atoms with Gasteiger partial charge in [0.05, 0.1) is 0 Å². The second-order valence-corrected chi connectivity index (χ2v) is 6.27. The summed E-state index contributed by atoms with van der Waals surface area (Å²) in [7, 11) is 0. The van der Waals surface area contributed by atoms with Crippen LogP contribution in [0.1, 0.15) is 32.1 Å². The highest BCUT2D eigenvalue weighted by Gasteiger charge is 2.12.